The zero-order valence-electron chi connectivity index (χ0n) is 18.8. The van der Waals surface area contributed by atoms with Crippen molar-refractivity contribution in [3.05, 3.63) is 36.0 Å². The van der Waals surface area contributed by atoms with E-state index < -0.39 is 17.9 Å². The van der Waals surface area contributed by atoms with Crippen molar-refractivity contribution < 1.29 is 19.2 Å². The first-order valence-corrected chi connectivity index (χ1v) is 10.9. The van der Waals surface area contributed by atoms with Gasteiger partial charge in [0.2, 0.25) is 5.91 Å². The van der Waals surface area contributed by atoms with Gasteiger partial charge in [-0.15, -0.1) is 11.6 Å². The fourth-order valence-electron chi connectivity index (χ4n) is 3.27. The SMILES string of the molecule is CNC(=O)CCN(NC(=O)[C@H](CC(C)C)N(C)C(=O)c1cc2ccccc2[nH]1)C(=O)CCl. The molecule has 0 saturated heterocycles. The molecule has 0 radical (unpaired) electrons. The zero-order chi connectivity index (χ0) is 23.8. The normalized spacial score (nSPS) is 11.8. The average Bonchev–Trinajstić information content (AvgIpc) is 3.22. The lowest BCUT2D eigenvalue weighted by atomic mass is 10.0. The fourth-order valence-corrected chi connectivity index (χ4v) is 3.41. The van der Waals surface area contributed by atoms with Crippen LogP contribution in [0.3, 0.4) is 0 Å². The van der Waals surface area contributed by atoms with Crippen molar-refractivity contribution in [2.75, 3.05) is 26.5 Å². The van der Waals surface area contributed by atoms with Crippen molar-refractivity contribution in [3.63, 3.8) is 0 Å². The molecule has 0 aliphatic heterocycles. The Morgan fingerprint density at radius 1 is 1.16 bits per heavy atom. The minimum Gasteiger partial charge on any atom is -0.359 e. The van der Waals surface area contributed by atoms with Crippen LogP contribution in [0.25, 0.3) is 10.9 Å². The predicted molar refractivity (Wildman–Crippen MR) is 123 cm³/mol. The number of nitrogens with zero attached hydrogens (tertiary/aromatic N) is 2. The predicted octanol–water partition coefficient (Wildman–Crippen LogP) is 1.89. The summed E-state index contributed by atoms with van der Waals surface area (Å²) in [5, 5.41) is 4.38. The van der Waals surface area contributed by atoms with Crippen LogP contribution in [0.4, 0.5) is 0 Å². The summed E-state index contributed by atoms with van der Waals surface area (Å²) in [4.78, 5) is 54.4. The van der Waals surface area contributed by atoms with Crippen LogP contribution in [0.1, 0.15) is 37.2 Å². The van der Waals surface area contributed by atoms with Gasteiger partial charge >= 0.3 is 0 Å². The standard InChI is InChI=1S/C22H30ClN5O4/c1-14(2)11-18(21(31)26-28(20(30)13-23)10-9-19(29)24-3)27(4)22(32)17-12-15-7-5-6-8-16(15)25-17/h5-8,12,14,18,25H,9-11,13H2,1-4H3,(H,24,29)(H,26,31)/t18-/m0/s1. The third-order valence-electron chi connectivity index (χ3n) is 5.05. The first kappa shape index (κ1) is 25.2. The molecule has 2 aromatic rings. The zero-order valence-corrected chi connectivity index (χ0v) is 19.5. The summed E-state index contributed by atoms with van der Waals surface area (Å²) in [5.74, 6) is -1.95. The van der Waals surface area contributed by atoms with Gasteiger partial charge in [0.1, 0.15) is 17.6 Å². The second-order valence-electron chi connectivity index (χ2n) is 7.91. The first-order chi connectivity index (χ1) is 15.2. The number of aromatic nitrogens is 1. The molecule has 2 rings (SSSR count). The Morgan fingerprint density at radius 3 is 2.44 bits per heavy atom. The number of H-pyrrole nitrogens is 1. The van der Waals surface area contributed by atoms with Crippen molar-refractivity contribution in [2.45, 2.75) is 32.7 Å². The number of carbonyl (C=O) groups is 4. The molecule has 32 heavy (non-hydrogen) atoms. The number of hydrogen-bond acceptors (Lipinski definition) is 4. The molecule has 3 N–H and O–H groups in total. The van der Waals surface area contributed by atoms with E-state index in [1.165, 1.54) is 11.9 Å². The van der Waals surface area contributed by atoms with E-state index in [-0.39, 0.29) is 36.6 Å². The van der Waals surface area contributed by atoms with Gasteiger partial charge in [-0.2, -0.15) is 0 Å². The molecule has 1 atom stereocenters. The Bertz CT molecular complexity index is 941. The molecule has 1 aromatic heterocycles. The lowest BCUT2D eigenvalue weighted by Crippen LogP contribution is -2.55. The van der Waals surface area contributed by atoms with E-state index in [0.717, 1.165) is 15.9 Å². The monoisotopic (exact) mass is 463 g/mol. The Kier molecular flexibility index (Phi) is 9.07. The highest BCUT2D eigenvalue weighted by Crippen LogP contribution is 2.18. The molecule has 4 amide bonds. The molecule has 0 unspecified atom stereocenters. The minimum atomic E-state index is -0.834. The van der Waals surface area contributed by atoms with Crippen molar-refractivity contribution in [1.29, 1.82) is 0 Å². The molecule has 174 valence electrons. The number of para-hydroxylation sites is 1. The number of fused-ring (bicyclic) bond motifs is 1. The van der Waals surface area contributed by atoms with Crippen LogP contribution in [0.5, 0.6) is 0 Å². The Labute approximate surface area is 192 Å². The van der Waals surface area contributed by atoms with E-state index in [1.807, 2.05) is 38.1 Å². The molecule has 0 aliphatic rings. The van der Waals surface area contributed by atoms with E-state index in [4.69, 9.17) is 11.6 Å². The second-order valence-corrected chi connectivity index (χ2v) is 8.18. The van der Waals surface area contributed by atoms with Crippen molar-refractivity contribution in [2.24, 2.45) is 5.92 Å². The number of rotatable bonds is 9. The lowest BCUT2D eigenvalue weighted by Gasteiger charge is -2.31. The lowest BCUT2D eigenvalue weighted by molar-refractivity contribution is -0.142. The van der Waals surface area contributed by atoms with Gasteiger partial charge in [0.25, 0.3) is 17.7 Å². The van der Waals surface area contributed by atoms with E-state index in [1.54, 1.807) is 13.1 Å². The summed E-state index contributed by atoms with van der Waals surface area (Å²) in [7, 11) is 3.04. The highest BCUT2D eigenvalue weighted by molar-refractivity contribution is 6.27. The summed E-state index contributed by atoms with van der Waals surface area (Å²) >= 11 is 5.66. The summed E-state index contributed by atoms with van der Waals surface area (Å²) < 4.78 is 0. The Hall–Kier alpha value is -3.07. The van der Waals surface area contributed by atoms with E-state index in [0.29, 0.717) is 12.1 Å². The van der Waals surface area contributed by atoms with E-state index >= 15 is 0 Å². The number of halogens is 1. The van der Waals surface area contributed by atoms with Gasteiger partial charge in [-0.3, -0.25) is 29.6 Å². The maximum atomic E-state index is 13.1. The molecule has 0 aliphatic carbocycles. The number of nitrogens with one attached hydrogen (secondary N) is 3. The van der Waals surface area contributed by atoms with Crippen molar-refractivity contribution in [1.82, 2.24) is 25.6 Å². The number of hydrazine groups is 1. The number of benzene rings is 1. The van der Waals surface area contributed by atoms with E-state index in [9.17, 15) is 19.2 Å². The topological polar surface area (TPSA) is 115 Å². The Balaban J connectivity index is 2.21. The molecule has 1 heterocycles. The minimum absolute atomic E-state index is 0.00189. The van der Waals surface area contributed by atoms with Gasteiger partial charge in [-0.05, 0) is 24.5 Å². The summed E-state index contributed by atoms with van der Waals surface area (Å²) in [6.07, 6.45) is 0.380. The maximum Gasteiger partial charge on any atom is 0.270 e. The Morgan fingerprint density at radius 2 is 1.84 bits per heavy atom. The molecule has 0 saturated carbocycles. The molecule has 0 fully saturated rings. The van der Waals surface area contributed by atoms with Crippen LogP contribution in [-0.2, 0) is 14.4 Å². The third-order valence-corrected chi connectivity index (χ3v) is 5.28. The number of likely N-dealkylation sites (N-methyl/N-ethyl adjacent to an activating group) is 1. The maximum absolute atomic E-state index is 13.1. The number of aromatic amines is 1. The van der Waals surface area contributed by atoms with Crippen molar-refractivity contribution >= 4 is 46.1 Å². The average molecular weight is 464 g/mol. The van der Waals surface area contributed by atoms with Gasteiger partial charge in [0.15, 0.2) is 0 Å². The van der Waals surface area contributed by atoms with Gasteiger partial charge < -0.3 is 15.2 Å². The molecule has 0 bridgehead atoms. The van der Waals surface area contributed by atoms with Crippen LogP contribution < -0.4 is 10.7 Å². The van der Waals surface area contributed by atoms with Crippen LogP contribution in [0.15, 0.2) is 30.3 Å². The second kappa shape index (κ2) is 11.5. The quantitative estimate of drug-likeness (QED) is 0.389. The molecular weight excluding hydrogens is 434 g/mol. The molecular formula is C22H30ClN5O4. The molecule has 0 spiro atoms. The summed E-state index contributed by atoms with van der Waals surface area (Å²) in [6, 6.07) is 8.41. The van der Waals surface area contributed by atoms with Crippen molar-refractivity contribution in [3.8, 4) is 0 Å². The van der Waals surface area contributed by atoms with Crippen LogP contribution >= 0.6 is 11.6 Å². The van der Waals surface area contributed by atoms with Crippen LogP contribution in [-0.4, -0.2) is 71.1 Å². The molecule has 1 aromatic carbocycles. The molecule has 10 heteroatoms. The third kappa shape index (κ3) is 6.46. The number of hydrogen-bond donors (Lipinski definition) is 3. The fraction of sp³-hybridized carbons (Fsp3) is 0.455. The summed E-state index contributed by atoms with van der Waals surface area (Å²) in [5.41, 5.74) is 3.73. The molecule has 9 nitrogen and oxygen atoms in total. The van der Waals surface area contributed by atoms with Crippen LogP contribution in [0, 0.1) is 5.92 Å². The number of carbonyl (C=O) groups excluding carboxylic acids is 4. The van der Waals surface area contributed by atoms with E-state index in [2.05, 4.69) is 15.7 Å². The first-order valence-electron chi connectivity index (χ1n) is 10.4. The van der Waals surface area contributed by atoms with Gasteiger partial charge in [0, 0.05) is 31.4 Å². The summed E-state index contributed by atoms with van der Waals surface area (Å²) in [6.45, 7) is 3.84. The highest BCUT2D eigenvalue weighted by Gasteiger charge is 2.31. The number of alkyl halides is 1. The van der Waals surface area contributed by atoms with Crippen LogP contribution in [0.2, 0.25) is 0 Å². The smallest absolute Gasteiger partial charge is 0.270 e. The van der Waals surface area contributed by atoms with Gasteiger partial charge in [-0.1, -0.05) is 32.0 Å². The number of amides is 4. The highest BCUT2D eigenvalue weighted by atomic mass is 35.5. The van der Waals surface area contributed by atoms with Gasteiger partial charge in [-0.25, -0.2) is 0 Å². The largest absolute Gasteiger partial charge is 0.359 e. The van der Waals surface area contributed by atoms with Gasteiger partial charge in [0.05, 0.1) is 6.54 Å².